The van der Waals surface area contributed by atoms with E-state index in [9.17, 15) is 21.6 Å². The Kier molecular flexibility index (Phi) is 7.77. The van der Waals surface area contributed by atoms with Gasteiger partial charge in [0.1, 0.15) is 4.90 Å². The van der Waals surface area contributed by atoms with E-state index in [-0.39, 0.29) is 27.2 Å². The van der Waals surface area contributed by atoms with Crippen molar-refractivity contribution >= 4 is 38.0 Å². The van der Waals surface area contributed by atoms with E-state index in [1.807, 2.05) is 6.92 Å². The van der Waals surface area contributed by atoms with Gasteiger partial charge in [0.15, 0.2) is 11.5 Å². The predicted molar refractivity (Wildman–Crippen MR) is 131 cm³/mol. The van der Waals surface area contributed by atoms with Crippen LogP contribution in [-0.2, 0) is 24.9 Å². The molecule has 0 aliphatic heterocycles. The second-order valence-electron chi connectivity index (χ2n) is 7.32. The maximum Gasteiger partial charge on any atom is 0.339 e. The lowest BCUT2D eigenvalue weighted by Crippen LogP contribution is -2.18. The lowest BCUT2D eigenvalue weighted by Gasteiger charge is -2.12. The highest BCUT2D eigenvalue weighted by Crippen LogP contribution is 2.30. The lowest BCUT2D eigenvalue weighted by atomic mass is 10.2. The first-order chi connectivity index (χ1) is 16.5. The molecule has 0 unspecified atom stereocenters. The van der Waals surface area contributed by atoms with Crippen molar-refractivity contribution in [3.8, 4) is 11.5 Å². The fourth-order valence-electron chi connectivity index (χ4n) is 2.85. The van der Waals surface area contributed by atoms with Crippen LogP contribution in [0.1, 0.15) is 18.1 Å². The lowest BCUT2D eigenvalue weighted by molar-refractivity contribution is -0.114. The van der Waals surface area contributed by atoms with E-state index < -0.39 is 20.1 Å². The van der Waals surface area contributed by atoms with Gasteiger partial charge >= 0.3 is 10.1 Å². The van der Waals surface area contributed by atoms with Gasteiger partial charge in [0.05, 0.1) is 18.2 Å². The molecule has 12 heteroatoms. The number of benzene rings is 3. The second kappa shape index (κ2) is 10.6. The molecular weight excluding hydrogens is 494 g/mol. The van der Waals surface area contributed by atoms with Gasteiger partial charge in [0.2, 0.25) is 5.91 Å². The summed E-state index contributed by atoms with van der Waals surface area (Å²) >= 11 is 0. The van der Waals surface area contributed by atoms with Crippen LogP contribution in [0.3, 0.4) is 0 Å². The molecule has 3 aromatic rings. The topological polar surface area (TPSA) is 140 Å². The summed E-state index contributed by atoms with van der Waals surface area (Å²) in [5.74, 6) is -0.272. The van der Waals surface area contributed by atoms with Crippen molar-refractivity contribution < 1.29 is 30.6 Å². The summed E-state index contributed by atoms with van der Waals surface area (Å²) in [6.45, 7) is 3.18. The van der Waals surface area contributed by atoms with Crippen molar-refractivity contribution in [2.24, 2.45) is 5.10 Å². The number of nitrogens with zero attached hydrogens (tertiary/aromatic N) is 1. The quantitative estimate of drug-likeness (QED) is 0.253. The van der Waals surface area contributed by atoms with E-state index in [0.717, 1.165) is 5.56 Å². The highest BCUT2D eigenvalue weighted by atomic mass is 32.2. The fraction of sp³-hybridized carbons (Fsp3) is 0.130. The highest BCUT2D eigenvalue weighted by molar-refractivity contribution is 7.89. The van der Waals surface area contributed by atoms with Crippen LogP contribution in [0.2, 0.25) is 0 Å². The summed E-state index contributed by atoms with van der Waals surface area (Å²) in [4.78, 5) is 13.2. The van der Waals surface area contributed by atoms with E-state index in [1.54, 1.807) is 18.2 Å². The smallest absolute Gasteiger partial charge is 0.339 e. The fourth-order valence-corrected chi connectivity index (χ4v) is 4.58. The van der Waals surface area contributed by atoms with E-state index in [1.165, 1.54) is 68.8 Å². The molecule has 0 spiro atoms. The number of carbonyl (C=O) groups excluding carboxylic acids is 1. The van der Waals surface area contributed by atoms with Crippen molar-refractivity contribution in [2.45, 2.75) is 23.6 Å². The van der Waals surface area contributed by atoms with Crippen LogP contribution in [0.5, 0.6) is 11.5 Å². The van der Waals surface area contributed by atoms with Gasteiger partial charge in [-0.05, 0) is 67.1 Å². The van der Waals surface area contributed by atoms with Gasteiger partial charge in [-0.2, -0.15) is 21.9 Å². The number of hydrogen-bond donors (Lipinski definition) is 2. The van der Waals surface area contributed by atoms with E-state index >= 15 is 0 Å². The van der Waals surface area contributed by atoms with E-state index in [2.05, 4.69) is 15.2 Å². The Bertz CT molecular complexity index is 1450. The van der Waals surface area contributed by atoms with E-state index in [0.29, 0.717) is 11.3 Å². The second-order valence-corrected chi connectivity index (χ2v) is 10.5. The van der Waals surface area contributed by atoms with Crippen molar-refractivity contribution in [1.29, 1.82) is 0 Å². The van der Waals surface area contributed by atoms with Gasteiger partial charge in [0.25, 0.3) is 10.0 Å². The van der Waals surface area contributed by atoms with Crippen LogP contribution in [0.4, 0.5) is 5.69 Å². The Morgan fingerprint density at radius 1 is 0.886 bits per heavy atom. The van der Waals surface area contributed by atoms with Crippen LogP contribution in [0.25, 0.3) is 0 Å². The zero-order valence-electron chi connectivity index (χ0n) is 19.0. The van der Waals surface area contributed by atoms with Gasteiger partial charge in [-0.15, -0.1) is 0 Å². The third-order valence-corrected chi connectivity index (χ3v) is 7.06. The third kappa shape index (κ3) is 6.80. The zero-order valence-corrected chi connectivity index (χ0v) is 20.7. The number of hydrazone groups is 1. The number of rotatable bonds is 9. The van der Waals surface area contributed by atoms with Crippen LogP contribution in [0, 0.1) is 6.92 Å². The molecule has 0 heterocycles. The average molecular weight is 518 g/mol. The minimum absolute atomic E-state index is 0.0506. The number of sulfonamides is 1. The van der Waals surface area contributed by atoms with Crippen LogP contribution in [0.15, 0.2) is 81.6 Å². The molecule has 0 saturated heterocycles. The van der Waals surface area contributed by atoms with Gasteiger partial charge in [0, 0.05) is 12.6 Å². The maximum absolute atomic E-state index is 12.8. The van der Waals surface area contributed by atoms with Crippen molar-refractivity contribution in [1.82, 2.24) is 4.83 Å². The zero-order chi connectivity index (χ0) is 25.6. The summed E-state index contributed by atoms with van der Waals surface area (Å²) in [6, 6.07) is 16.0. The van der Waals surface area contributed by atoms with Crippen molar-refractivity contribution in [3.63, 3.8) is 0 Å². The van der Waals surface area contributed by atoms with Crippen LogP contribution in [-0.4, -0.2) is 36.1 Å². The van der Waals surface area contributed by atoms with Crippen molar-refractivity contribution in [3.05, 3.63) is 77.9 Å². The van der Waals surface area contributed by atoms with E-state index in [4.69, 9.17) is 8.92 Å². The summed E-state index contributed by atoms with van der Waals surface area (Å²) in [6.07, 6.45) is 1.20. The van der Waals surface area contributed by atoms with Crippen LogP contribution < -0.4 is 19.1 Å². The Labute approximate surface area is 203 Å². The normalized spacial score (nSPS) is 11.7. The standard InChI is InChI=1S/C23H23N3O7S2/c1-16-4-9-20(10-5-16)34(28,29)26-24-15-18-6-13-22(32-3)23(14-18)33-35(30,31)21-11-7-19(8-12-21)25-17(2)27/h4-15,26H,1-3H3,(H,25,27). The molecule has 2 N–H and O–H groups in total. The number of ether oxygens (including phenoxy) is 1. The SMILES string of the molecule is COc1ccc(C=NNS(=O)(=O)c2ccc(C)cc2)cc1OS(=O)(=O)c1ccc(NC(C)=O)cc1. The maximum atomic E-state index is 12.8. The first-order valence-corrected chi connectivity index (χ1v) is 13.0. The minimum atomic E-state index is -4.24. The molecule has 0 saturated carbocycles. The molecule has 3 rings (SSSR count). The van der Waals surface area contributed by atoms with Gasteiger partial charge in [-0.1, -0.05) is 17.7 Å². The van der Waals surface area contributed by atoms with Gasteiger partial charge in [-0.3, -0.25) is 4.79 Å². The average Bonchev–Trinajstić information content (AvgIpc) is 2.79. The Morgan fingerprint density at radius 3 is 2.11 bits per heavy atom. The molecule has 0 fully saturated rings. The number of aryl methyl sites for hydroxylation is 1. The number of anilines is 1. The molecule has 35 heavy (non-hydrogen) atoms. The molecule has 0 bridgehead atoms. The molecular formula is C23H23N3O7S2. The Balaban J connectivity index is 1.79. The molecule has 10 nitrogen and oxygen atoms in total. The predicted octanol–water partition coefficient (Wildman–Crippen LogP) is 3.04. The third-order valence-electron chi connectivity index (χ3n) is 4.57. The van der Waals surface area contributed by atoms with Crippen molar-refractivity contribution in [2.75, 3.05) is 12.4 Å². The molecule has 1 amide bonds. The summed E-state index contributed by atoms with van der Waals surface area (Å²) < 4.78 is 60.7. The molecule has 0 atom stereocenters. The number of hydrogen-bond acceptors (Lipinski definition) is 8. The Morgan fingerprint density at radius 2 is 1.51 bits per heavy atom. The molecule has 184 valence electrons. The summed E-state index contributed by atoms with van der Waals surface area (Å²) in [5, 5.41) is 6.30. The molecule has 0 aliphatic carbocycles. The van der Waals surface area contributed by atoms with Gasteiger partial charge < -0.3 is 14.2 Å². The molecule has 3 aromatic carbocycles. The number of amides is 1. The first kappa shape index (κ1) is 25.7. The molecule has 0 aliphatic rings. The minimum Gasteiger partial charge on any atom is -0.493 e. The monoisotopic (exact) mass is 517 g/mol. The summed E-state index contributed by atoms with van der Waals surface area (Å²) in [7, 11) is -6.76. The number of methoxy groups -OCH3 is 1. The molecule has 0 radical (unpaired) electrons. The number of nitrogens with one attached hydrogen (secondary N) is 2. The largest absolute Gasteiger partial charge is 0.493 e. The van der Waals surface area contributed by atoms with Gasteiger partial charge in [-0.25, -0.2) is 4.83 Å². The van der Waals surface area contributed by atoms with Crippen LogP contribution >= 0.6 is 0 Å². The first-order valence-electron chi connectivity index (χ1n) is 10.1. The Hall–Kier alpha value is -3.90. The summed E-state index contributed by atoms with van der Waals surface area (Å²) in [5.41, 5.74) is 1.70. The molecule has 0 aromatic heterocycles. The highest BCUT2D eigenvalue weighted by Gasteiger charge is 2.20. The number of carbonyl (C=O) groups is 1.